The summed E-state index contributed by atoms with van der Waals surface area (Å²) in [5, 5.41) is 0.634. The lowest BCUT2D eigenvalue weighted by molar-refractivity contribution is 0.102. The quantitative estimate of drug-likeness (QED) is 0.754. The summed E-state index contributed by atoms with van der Waals surface area (Å²) in [6.45, 7) is 0.0851. The summed E-state index contributed by atoms with van der Waals surface area (Å²) in [7, 11) is -2.04. The smallest absolute Gasteiger partial charge is 0.181 e. The van der Waals surface area contributed by atoms with E-state index in [1.165, 1.54) is 13.4 Å². The van der Waals surface area contributed by atoms with Crippen LogP contribution in [0.4, 0.5) is 0 Å². The van der Waals surface area contributed by atoms with Gasteiger partial charge < -0.3 is 9.15 Å². The van der Waals surface area contributed by atoms with Crippen molar-refractivity contribution in [3.05, 3.63) is 36.1 Å². The second-order valence-corrected chi connectivity index (χ2v) is 6.34. The maximum absolute atomic E-state index is 12.0. The summed E-state index contributed by atoms with van der Waals surface area (Å²) in [6, 6.07) is 7.02. The summed E-state index contributed by atoms with van der Waals surface area (Å²) in [6.07, 6.45) is 1.30. The molecular formula is C13H14O5S. The molecule has 0 fully saturated rings. The van der Waals surface area contributed by atoms with E-state index in [1.54, 1.807) is 24.3 Å². The molecule has 0 atom stereocenters. The Balaban J connectivity index is 2.21. The van der Waals surface area contributed by atoms with Crippen molar-refractivity contribution >= 4 is 26.6 Å². The van der Waals surface area contributed by atoms with Crippen LogP contribution in [0.1, 0.15) is 10.4 Å². The molecular weight excluding hydrogens is 268 g/mol. The largest absolute Gasteiger partial charge is 0.464 e. The number of rotatable bonds is 6. The molecule has 0 amide bonds. The van der Waals surface area contributed by atoms with Crippen LogP contribution in [0.15, 0.2) is 34.9 Å². The molecule has 5 nitrogen and oxygen atoms in total. The summed E-state index contributed by atoms with van der Waals surface area (Å²) in [5.74, 6) is -1.15. The highest BCUT2D eigenvalue weighted by atomic mass is 32.2. The van der Waals surface area contributed by atoms with Crippen molar-refractivity contribution < 1.29 is 22.4 Å². The molecule has 0 aliphatic carbocycles. The fourth-order valence-electron chi connectivity index (χ4n) is 1.75. The normalized spacial score (nSPS) is 11.8. The third-order valence-electron chi connectivity index (χ3n) is 2.73. The number of hydrogen-bond acceptors (Lipinski definition) is 5. The maximum atomic E-state index is 12.0. The molecule has 6 heteroatoms. The van der Waals surface area contributed by atoms with E-state index in [9.17, 15) is 13.2 Å². The van der Waals surface area contributed by atoms with E-state index >= 15 is 0 Å². The van der Waals surface area contributed by atoms with Crippen molar-refractivity contribution in [1.82, 2.24) is 0 Å². The molecule has 0 spiro atoms. The number of methoxy groups -OCH3 is 1. The Morgan fingerprint density at radius 2 is 2.05 bits per heavy atom. The van der Waals surface area contributed by atoms with Crippen molar-refractivity contribution in [3.63, 3.8) is 0 Å². The molecule has 0 N–H and O–H groups in total. The molecule has 0 aliphatic rings. The minimum atomic E-state index is -3.45. The zero-order valence-corrected chi connectivity index (χ0v) is 11.3. The summed E-state index contributed by atoms with van der Waals surface area (Å²) in [5.41, 5.74) is 0.872. The van der Waals surface area contributed by atoms with Crippen LogP contribution in [0.25, 0.3) is 11.0 Å². The lowest BCUT2D eigenvalue weighted by Crippen LogP contribution is -2.21. The lowest BCUT2D eigenvalue weighted by atomic mass is 10.1. The monoisotopic (exact) mass is 282 g/mol. The Morgan fingerprint density at radius 3 is 2.79 bits per heavy atom. The number of hydrogen-bond donors (Lipinski definition) is 0. The molecule has 102 valence electrons. The summed E-state index contributed by atoms with van der Waals surface area (Å²) < 4.78 is 33.3. The average molecular weight is 282 g/mol. The molecule has 2 aromatic rings. The molecule has 1 heterocycles. The predicted octanol–water partition coefficient (Wildman–Crippen LogP) is 1.68. The van der Waals surface area contributed by atoms with Gasteiger partial charge in [-0.25, -0.2) is 8.42 Å². The van der Waals surface area contributed by atoms with E-state index in [0.717, 1.165) is 0 Å². The van der Waals surface area contributed by atoms with E-state index in [2.05, 4.69) is 0 Å². The van der Waals surface area contributed by atoms with E-state index in [4.69, 9.17) is 9.15 Å². The van der Waals surface area contributed by atoms with Crippen LogP contribution >= 0.6 is 0 Å². The van der Waals surface area contributed by atoms with Gasteiger partial charge in [0.15, 0.2) is 15.6 Å². The number of Topliss-reactive ketones (excluding diaryl/α,β-unsaturated/α-hetero) is 1. The van der Waals surface area contributed by atoms with E-state index < -0.39 is 21.4 Å². The van der Waals surface area contributed by atoms with E-state index in [0.29, 0.717) is 16.5 Å². The van der Waals surface area contributed by atoms with Gasteiger partial charge in [0.1, 0.15) is 17.6 Å². The van der Waals surface area contributed by atoms with Gasteiger partial charge >= 0.3 is 0 Å². The minimum Gasteiger partial charge on any atom is -0.464 e. The minimum absolute atomic E-state index is 0.0851. The first-order valence-corrected chi connectivity index (χ1v) is 7.54. The second kappa shape index (κ2) is 5.54. The van der Waals surface area contributed by atoms with Gasteiger partial charge in [-0.2, -0.15) is 0 Å². The van der Waals surface area contributed by atoms with Crippen LogP contribution in [0.2, 0.25) is 0 Å². The number of para-hydroxylation sites is 1. The molecule has 0 bridgehead atoms. The van der Waals surface area contributed by atoms with Crippen molar-refractivity contribution in [2.45, 2.75) is 0 Å². The molecule has 0 saturated carbocycles. The molecule has 0 saturated heterocycles. The third-order valence-corrected chi connectivity index (χ3v) is 4.22. The number of ether oxygens (including phenoxy) is 1. The van der Waals surface area contributed by atoms with Gasteiger partial charge in [0.05, 0.1) is 17.9 Å². The Bertz CT molecular complexity index is 684. The van der Waals surface area contributed by atoms with Gasteiger partial charge in [0.25, 0.3) is 0 Å². The highest BCUT2D eigenvalue weighted by Gasteiger charge is 2.20. The van der Waals surface area contributed by atoms with Crippen LogP contribution < -0.4 is 0 Å². The Labute approximate surface area is 111 Å². The maximum Gasteiger partial charge on any atom is 0.181 e. The standard InChI is InChI=1S/C13H14O5S/c1-17-6-7-19(15,16)9-12(14)11-8-18-13-5-3-2-4-10(11)13/h2-5,8H,6-7,9H2,1H3. The fourth-order valence-corrected chi connectivity index (χ4v) is 2.87. The third kappa shape index (κ3) is 3.21. The predicted molar refractivity (Wildman–Crippen MR) is 71.1 cm³/mol. The van der Waals surface area contributed by atoms with Gasteiger partial charge in [-0.15, -0.1) is 0 Å². The van der Waals surface area contributed by atoms with E-state index in [1.807, 2.05) is 0 Å². The lowest BCUT2D eigenvalue weighted by Gasteiger charge is -2.02. The van der Waals surface area contributed by atoms with Gasteiger partial charge in [-0.3, -0.25) is 4.79 Å². The number of carbonyl (C=O) groups is 1. The zero-order valence-electron chi connectivity index (χ0n) is 10.5. The average Bonchev–Trinajstić information content (AvgIpc) is 2.80. The molecule has 0 radical (unpaired) electrons. The number of sulfone groups is 1. The number of carbonyl (C=O) groups excluding carboxylic acids is 1. The first-order valence-electron chi connectivity index (χ1n) is 5.72. The summed E-state index contributed by atoms with van der Waals surface area (Å²) >= 11 is 0. The van der Waals surface area contributed by atoms with Crippen LogP contribution in [0, 0.1) is 0 Å². The molecule has 19 heavy (non-hydrogen) atoms. The van der Waals surface area contributed by atoms with Crippen LogP contribution in [-0.4, -0.2) is 39.4 Å². The Kier molecular flexibility index (Phi) is 4.01. The van der Waals surface area contributed by atoms with Gasteiger partial charge in [-0.05, 0) is 6.07 Å². The number of furan rings is 1. The zero-order chi connectivity index (χ0) is 13.9. The van der Waals surface area contributed by atoms with Crippen molar-refractivity contribution in [3.8, 4) is 0 Å². The second-order valence-electron chi connectivity index (χ2n) is 4.15. The Morgan fingerprint density at radius 1 is 1.32 bits per heavy atom. The highest BCUT2D eigenvalue weighted by Crippen LogP contribution is 2.21. The van der Waals surface area contributed by atoms with Gasteiger partial charge in [0, 0.05) is 12.5 Å². The number of benzene rings is 1. The van der Waals surface area contributed by atoms with Crippen LogP contribution in [-0.2, 0) is 14.6 Å². The van der Waals surface area contributed by atoms with Crippen LogP contribution in [0.5, 0.6) is 0 Å². The topological polar surface area (TPSA) is 73.6 Å². The number of fused-ring (bicyclic) bond motifs is 1. The molecule has 1 aromatic heterocycles. The SMILES string of the molecule is COCCS(=O)(=O)CC(=O)c1coc2ccccc12. The molecule has 1 aromatic carbocycles. The van der Waals surface area contributed by atoms with Crippen molar-refractivity contribution in [2.24, 2.45) is 0 Å². The summed E-state index contributed by atoms with van der Waals surface area (Å²) in [4.78, 5) is 12.0. The van der Waals surface area contributed by atoms with Gasteiger partial charge in [0.2, 0.25) is 0 Å². The first-order chi connectivity index (χ1) is 9.03. The van der Waals surface area contributed by atoms with E-state index in [-0.39, 0.29) is 12.4 Å². The molecule has 2 rings (SSSR count). The van der Waals surface area contributed by atoms with Crippen LogP contribution in [0.3, 0.4) is 0 Å². The van der Waals surface area contributed by atoms with Crippen molar-refractivity contribution in [2.75, 3.05) is 25.2 Å². The first kappa shape index (κ1) is 13.8. The molecule has 0 aliphatic heterocycles. The Hall–Kier alpha value is -1.66. The van der Waals surface area contributed by atoms with Crippen molar-refractivity contribution in [1.29, 1.82) is 0 Å². The molecule has 0 unspecified atom stereocenters. The fraction of sp³-hybridized carbons (Fsp3) is 0.308. The highest BCUT2D eigenvalue weighted by molar-refractivity contribution is 7.92. The number of ketones is 1. The van der Waals surface area contributed by atoms with Gasteiger partial charge in [-0.1, -0.05) is 18.2 Å².